The largest absolute Gasteiger partial charge is 0.394 e. The topological polar surface area (TPSA) is 149 Å². The van der Waals surface area contributed by atoms with E-state index in [1.165, 1.54) is 6.08 Å². The van der Waals surface area contributed by atoms with Gasteiger partial charge in [-0.3, -0.25) is 4.79 Å². The maximum absolute atomic E-state index is 11.7. The van der Waals surface area contributed by atoms with Crippen LogP contribution < -0.4 is 5.32 Å². The molecule has 1 amide bonds. The first-order valence-electron chi connectivity index (χ1n) is 7.87. The highest BCUT2D eigenvalue weighted by Crippen LogP contribution is 2.22. The van der Waals surface area contributed by atoms with Crippen molar-refractivity contribution in [1.29, 1.82) is 0 Å². The zero-order chi connectivity index (χ0) is 18.3. The zero-order valence-corrected chi connectivity index (χ0v) is 13.6. The summed E-state index contributed by atoms with van der Waals surface area (Å²) in [6.45, 7) is 4.48. The molecule has 9 heteroatoms. The molecule has 9 nitrogen and oxygen atoms in total. The second kappa shape index (κ2) is 10.0. The first-order valence-corrected chi connectivity index (χ1v) is 7.87. The van der Waals surface area contributed by atoms with Crippen LogP contribution in [0.5, 0.6) is 0 Å². The van der Waals surface area contributed by atoms with Crippen LogP contribution in [0.1, 0.15) is 19.8 Å². The summed E-state index contributed by atoms with van der Waals surface area (Å²) in [5.41, 5.74) is 0. The molecule has 0 aliphatic carbocycles. The average Bonchev–Trinajstić information content (AvgIpc) is 2.57. The molecular weight excluding hydrogens is 322 g/mol. The number of rotatable bonds is 9. The Hall–Kier alpha value is -1.07. The van der Waals surface area contributed by atoms with E-state index in [2.05, 4.69) is 11.9 Å². The van der Waals surface area contributed by atoms with Gasteiger partial charge in [-0.2, -0.15) is 0 Å². The summed E-state index contributed by atoms with van der Waals surface area (Å²) < 4.78 is 10.5. The third kappa shape index (κ3) is 5.49. The van der Waals surface area contributed by atoms with Gasteiger partial charge in [-0.1, -0.05) is 13.0 Å². The van der Waals surface area contributed by atoms with Gasteiger partial charge < -0.3 is 40.3 Å². The number of ether oxygens (including phenoxy) is 2. The molecular formula is C15H27NO8. The van der Waals surface area contributed by atoms with Crippen LogP contribution in [-0.2, 0) is 14.3 Å². The third-order valence-electron chi connectivity index (χ3n) is 3.77. The van der Waals surface area contributed by atoms with Crippen molar-refractivity contribution in [3.63, 3.8) is 0 Å². The van der Waals surface area contributed by atoms with E-state index in [9.17, 15) is 25.2 Å². The first-order chi connectivity index (χ1) is 11.3. The van der Waals surface area contributed by atoms with Gasteiger partial charge in [0.1, 0.15) is 24.4 Å². The van der Waals surface area contributed by atoms with Gasteiger partial charge in [0, 0.05) is 6.42 Å². The molecule has 0 aromatic rings. The maximum Gasteiger partial charge on any atom is 0.220 e. The summed E-state index contributed by atoms with van der Waals surface area (Å²) >= 11 is 0. The Morgan fingerprint density at radius 3 is 2.54 bits per heavy atom. The van der Waals surface area contributed by atoms with Crippen molar-refractivity contribution in [3.8, 4) is 0 Å². The highest BCUT2D eigenvalue weighted by Gasteiger charge is 2.44. The summed E-state index contributed by atoms with van der Waals surface area (Å²) in [5.74, 6) is -0.277. The fraction of sp³-hybridized carbons (Fsp3) is 0.800. The number of carbonyl (C=O) groups excluding carboxylic acids is 1. The highest BCUT2D eigenvalue weighted by atomic mass is 16.7. The van der Waals surface area contributed by atoms with Crippen LogP contribution in [-0.4, -0.2) is 87.5 Å². The summed E-state index contributed by atoms with van der Waals surface area (Å²) in [6, 6.07) is -0.825. The lowest BCUT2D eigenvalue weighted by atomic mass is 9.99. The lowest BCUT2D eigenvalue weighted by Crippen LogP contribution is -2.60. The highest BCUT2D eigenvalue weighted by molar-refractivity contribution is 5.76. The third-order valence-corrected chi connectivity index (χ3v) is 3.77. The van der Waals surface area contributed by atoms with Gasteiger partial charge in [0.2, 0.25) is 5.91 Å². The van der Waals surface area contributed by atoms with Gasteiger partial charge in [-0.05, 0) is 6.42 Å². The molecule has 0 spiro atoms. The van der Waals surface area contributed by atoms with Gasteiger partial charge in [-0.15, -0.1) is 6.58 Å². The predicted molar refractivity (Wildman–Crippen MR) is 82.8 cm³/mol. The van der Waals surface area contributed by atoms with Gasteiger partial charge in [-0.25, -0.2) is 0 Å². The molecule has 7 atom stereocenters. The Morgan fingerprint density at radius 2 is 2.00 bits per heavy atom. The molecule has 5 unspecified atom stereocenters. The first kappa shape index (κ1) is 21.0. The minimum absolute atomic E-state index is 0.231. The van der Waals surface area contributed by atoms with Crippen molar-refractivity contribution < 1.29 is 39.8 Å². The average molecular weight is 349 g/mol. The Morgan fingerprint density at radius 1 is 1.33 bits per heavy atom. The van der Waals surface area contributed by atoms with E-state index >= 15 is 0 Å². The molecule has 140 valence electrons. The van der Waals surface area contributed by atoms with E-state index in [-0.39, 0.29) is 18.9 Å². The van der Waals surface area contributed by atoms with Crippen LogP contribution in [0.3, 0.4) is 0 Å². The zero-order valence-electron chi connectivity index (χ0n) is 13.6. The molecule has 0 saturated carbocycles. The van der Waals surface area contributed by atoms with Gasteiger partial charge in [0.25, 0.3) is 0 Å². The van der Waals surface area contributed by atoms with Crippen LogP contribution in [0, 0.1) is 0 Å². The summed E-state index contributed by atoms with van der Waals surface area (Å²) in [7, 11) is 0. The summed E-state index contributed by atoms with van der Waals surface area (Å²) in [6.07, 6.45) is -5.95. The SMILES string of the molecule is C=C[C@@H](O)[C@@H](COC1OC(CO)C(O)C(O)C1O)NC(=O)CCC. The predicted octanol–water partition coefficient (Wildman–Crippen LogP) is -2.37. The fourth-order valence-corrected chi connectivity index (χ4v) is 2.30. The molecule has 1 heterocycles. The minimum atomic E-state index is -1.56. The summed E-state index contributed by atoms with van der Waals surface area (Å²) in [5, 5.41) is 50.9. The van der Waals surface area contributed by atoms with Gasteiger partial charge in [0.05, 0.1) is 25.4 Å². The Labute approximate surface area is 140 Å². The minimum Gasteiger partial charge on any atom is -0.394 e. The molecule has 0 aromatic carbocycles. The normalized spacial score (nSPS) is 32.8. The van der Waals surface area contributed by atoms with Gasteiger partial charge >= 0.3 is 0 Å². The van der Waals surface area contributed by atoms with E-state index < -0.39 is 49.5 Å². The monoisotopic (exact) mass is 349 g/mol. The van der Waals surface area contributed by atoms with Crippen LogP contribution in [0.15, 0.2) is 12.7 Å². The molecule has 0 bridgehead atoms. The van der Waals surface area contributed by atoms with E-state index in [1.807, 2.05) is 6.92 Å². The molecule has 1 saturated heterocycles. The van der Waals surface area contributed by atoms with E-state index in [1.54, 1.807) is 0 Å². The maximum atomic E-state index is 11.7. The Kier molecular flexibility index (Phi) is 8.78. The molecule has 1 fully saturated rings. The van der Waals surface area contributed by atoms with Crippen molar-refractivity contribution in [2.24, 2.45) is 0 Å². The second-order valence-electron chi connectivity index (χ2n) is 5.68. The number of carbonyl (C=O) groups is 1. The molecule has 1 aliphatic heterocycles. The van der Waals surface area contributed by atoms with E-state index in [0.717, 1.165) is 0 Å². The van der Waals surface area contributed by atoms with Crippen LogP contribution >= 0.6 is 0 Å². The van der Waals surface area contributed by atoms with Gasteiger partial charge in [0.15, 0.2) is 6.29 Å². The molecule has 24 heavy (non-hydrogen) atoms. The van der Waals surface area contributed by atoms with Crippen molar-refractivity contribution in [3.05, 3.63) is 12.7 Å². The lowest BCUT2D eigenvalue weighted by Gasteiger charge is -2.40. The number of aliphatic hydroxyl groups excluding tert-OH is 5. The number of hydrogen-bond acceptors (Lipinski definition) is 8. The molecule has 1 rings (SSSR count). The number of amides is 1. The molecule has 0 radical (unpaired) electrons. The Bertz CT molecular complexity index is 405. The van der Waals surface area contributed by atoms with Crippen molar-refractivity contribution in [1.82, 2.24) is 5.32 Å². The molecule has 6 N–H and O–H groups in total. The smallest absolute Gasteiger partial charge is 0.220 e. The van der Waals surface area contributed by atoms with Crippen molar-refractivity contribution in [2.75, 3.05) is 13.2 Å². The van der Waals surface area contributed by atoms with Crippen molar-refractivity contribution in [2.45, 2.75) is 62.6 Å². The second-order valence-corrected chi connectivity index (χ2v) is 5.68. The molecule has 1 aliphatic rings. The van der Waals surface area contributed by atoms with Crippen LogP contribution in [0.2, 0.25) is 0 Å². The lowest BCUT2D eigenvalue weighted by molar-refractivity contribution is -0.302. The number of hydrogen-bond donors (Lipinski definition) is 6. The Balaban J connectivity index is 2.67. The number of aliphatic hydroxyl groups is 5. The van der Waals surface area contributed by atoms with Crippen molar-refractivity contribution >= 4 is 5.91 Å². The van der Waals surface area contributed by atoms with Crippen LogP contribution in [0.25, 0.3) is 0 Å². The summed E-state index contributed by atoms with van der Waals surface area (Å²) in [4.78, 5) is 11.7. The quantitative estimate of drug-likeness (QED) is 0.253. The fourth-order valence-electron chi connectivity index (χ4n) is 2.30. The van der Waals surface area contributed by atoms with Crippen LogP contribution in [0.4, 0.5) is 0 Å². The standard InChI is InChI=1S/C15H27NO8/c1-3-5-11(19)16-8(9(18)4-2)7-23-15-14(22)13(21)12(20)10(6-17)24-15/h4,8-10,12-15,17-18,20-22H,2-3,5-7H2,1H3,(H,16,19)/t8-,9-,10?,12?,13?,14?,15?/m1/s1. The number of nitrogens with one attached hydrogen (secondary N) is 1. The molecule has 0 aromatic heterocycles. The van der Waals surface area contributed by atoms with E-state index in [0.29, 0.717) is 6.42 Å². The van der Waals surface area contributed by atoms with E-state index in [4.69, 9.17) is 14.6 Å².